The van der Waals surface area contributed by atoms with Gasteiger partial charge in [0, 0.05) is 12.1 Å². The van der Waals surface area contributed by atoms with Crippen LogP contribution in [0.5, 0.6) is 0 Å². The Morgan fingerprint density at radius 3 is 2.79 bits per heavy atom. The molecule has 1 fully saturated rings. The summed E-state index contributed by atoms with van der Waals surface area (Å²) >= 11 is 3.47. The molecule has 5 heteroatoms. The normalized spacial score (nSPS) is 15.9. The average molecular weight is 257 g/mol. The molecule has 0 aliphatic heterocycles. The van der Waals surface area contributed by atoms with E-state index in [1.807, 2.05) is 11.6 Å². The molecular formula is C9H13BrN4. The van der Waals surface area contributed by atoms with Gasteiger partial charge in [-0.25, -0.2) is 0 Å². The van der Waals surface area contributed by atoms with Crippen LogP contribution in [0.2, 0.25) is 0 Å². The molecule has 3 N–H and O–H groups in total. The van der Waals surface area contributed by atoms with E-state index in [9.17, 15) is 0 Å². The second kappa shape index (κ2) is 3.38. The molecule has 0 aromatic carbocycles. The van der Waals surface area contributed by atoms with E-state index in [1.54, 1.807) is 0 Å². The summed E-state index contributed by atoms with van der Waals surface area (Å²) in [6, 6.07) is 0. The summed E-state index contributed by atoms with van der Waals surface area (Å²) in [4.78, 5) is 0. The first-order valence-electron chi connectivity index (χ1n) is 4.67. The Bertz CT molecular complexity index is 378. The first-order chi connectivity index (χ1) is 6.59. The molecule has 0 radical (unpaired) electrons. The van der Waals surface area contributed by atoms with Gasteiger partial charge in [-0.2, -0.15) is 5.10 Å². The summed E-state index contributed by atoms with van der Waals surface area (Å²) in [5, 5.41) is 11.7. The number of rotatable bonds is 3. The van der Waals surface area contributed by atoms with Crippen LogP contribution < -0.4 is 5.73 Å². The van der Waals surface area contributed by atoms with Crippen LogP contribution in [0.1, 0.15) is 24.1 Å². The first-order valence-corrected chi connectivity index (χ1v) is 5.46. The largest absolute Gasteiger partial charge is 0.382 e. The number of hydrogen-bond donors (Lipinski definition) is 2. The summed E-state index contributed by atoms with van der Waals surface area (Å²) in [5.41, 5.74) is 6.98. The van der Waals surface area contributed by atoms with Crippen molar-refractivity contribution < 1.29 is 0 Å². The minimum absolute atomic E-state index is 0.0396. The Morgan fingerprint density at radius 1 is 1.71 bits per heavy atom. The summed E-state index contributed by atoms with van der Waals surface area (Å²) in [5.74, 6) is 0.808. The molecule has 0 atom stereocenters. The van der Waals surface area contributed by atoms with Crippen molar-refractivity contribution in [3.8, 4) is 0 Å². The van der Waals surface area contributed by atoms with E-state index in [4.69, 9.17) is 11.1 Å². The number of nitrogen functional groups attached to an aromatic ring is 1. The quantitative estimate of drug-likeness (QED) is 0.638. The molecule has 0 amide bonds. The van der Waals surface area contributed by atoms with Gasteiger partial charge < -0.3 is 5.73 Å². The van der Waals surface area contributed by atoms with Crippen LogP contribution in [0.3, 0.4) is 0 Å². The van der Waals surface area contributed by atoms with E-state index in [-0.39, 0.29) is 5.84 Å². The highest BCUT2D eigenvalue weighted by Gasteiger charge is 2.24. The van der Waals surface area contributed by atoms with Gasteiger partial charge in [-0.3, -0.25) is 10.1 Å². The van der Waals surface area contributed by atoms with Gasteiger partial charge in [-0.15, -0.1) is 0 Å². The number of nitrogens with one attached hydrogen (secondary N) is 1. The summed E-state index contributed by atoms with van der Waals surface area (Å²) in [6.45, 7) is 2.87. The predicted octanol–water partition coefficient (Wildman–Crippen LogP) is 1.65. The van der Waals surface area contributed by atoms with Gasteiger partial charge in [0.25, 0.3) is 0 Å². The maximum atomic E-state index is 7.37. The zero-order chi connectivity index (χ0) is 10.3. The zero-order valence-electron chi connectivity index (χ0n) is 8.05. The summed E-state index contributed by atoms with van der Waals surface area (Å²) in [7, 11) is 0. The average Bonchev–Trinajstić information content (AvgIpc) is 2.88. The van der Waals surface area contributed by atoms with Crippen molar-refractivity contribution >= 4 is 21.8 Å². The van der Waals surface area contributed by atoms with Gasteiger partial charge in [0.2, 0.25) is 0 Å². The fourth-order valence-electron chi connectivity index (χ4n) is 1.45. The van der Waals surface area contributed by atoms with E-state index in [1.165, 1.54) is 12.8 Å². The van der Waals surface area contributed by atoms with E-state index in [2.05, 4.69) is 21.0 Å². The Kier molecular flexibility index (Phi) is 2.34. The summed E-state index contributed by atoms with van der Waals surface area (Å²) < 4.78 is 2.86. The van der Waals surface area contributed by atoms with Crippen molar-refractivity contribution in [1.82, 2.24) is 9.78 Å². The number of hydrogen-bond acceptors (Lipinski definition) is 2. The third kappa shape index (κ3) is 1.68. The minimum atomic E-state index is 0.0396. The van der Waals surface area contributed by atoms with Crippen molar-refractivity contribution in [3.05, 3.63) is 15.9 Å². The molecule has 0 spiro atoms. The molecule has 1 aromatic heterocycles. The lowest BCUT2D eigenvalue weighted by Crippen LogP contribution is -2.14. The highest BCUT2D eigenvalue weighted by molar-refractivity contribution is 9.10. The maximum absolute atomic E-state index is 7.37. The van der Waals surface area contributed by atoms with Crippen LogP contribution in [-0.2, 0) is 6.54 Å². The Hall–Kier alpha value is -0.840. The molecule has 14 heavy (non-hydrogen) atoms. The van der Waals surface area contributed by atoms with Crippen LogP contribution >= 0.6 is 15.9 Å². The minimum Gasteiger partial charge on any atom is -0.382 e. The molecular weight excluding hydrogens is 244 g/mol. The van der Waals surface area contributed by atoms with Crippen molar-refractivity contribution in [2.24, 2.45) is 11.7 Å². The molecule has 1 aliphatic rings. The van der Waals surface area contributed by atoms with Crippen LogP contribution in [0.25, 0.3) is 0 Å². The Labute approximate surface area is 91.1 Å². The molecule has 0 saturated heterocycles. The van der Waals surface area contributed by atoms with Gasteiger partial charge in [0.05, 0.1) is 0 Å². The maximum Gasteiger partial charge on any atom is 0.144 e. The third-order valence-corrected chi connectivity index (χ3v) is 3.50. The molecule has 1 aromatic rings. The Balaban J connectivity index is 2.30. The van der Waals surface area contributed by atoms with Gasteiger partial charge in [-0.1, -0.05) is 0 Å². The predicted molar refractivity (Wildman–Crippen MR) is 58.4 cm³/mol. The fraction of sp³-hybridized carbons (Fsp3) is 0.556. The lowest BCUT2D eigenvalue weighted by atomic mass is 10.3. The van der Waals surface area contributed by atoms with Gasteiger partial charge in [-0.05, 0) is 41.6 Å². The molecule has 2 rings (SSSR count). The second-order valence-corrected chi connectivity index (χ2v) is 4.55. The topological polar surface area (TPSA) is 67.7 Å². The number of halogens is 1. The number of aromatic nitrogens is 2. The molecule has 4 nitrogen and oxygen atoms in total. The van der Waals surface area contributed by atoms with Gasteiger partial charge in [0.15, 0.2) is 0 Å². The monoisotopic (exact) mass is 256 g/mol. The lowest BCUT2D eigenvalue weighted by molar-refractivity contribution is 0.551. The zero-order valence-corrected chi connectivity index (χ0v) is 9.63. The van der Waals surface area contributed by atoms with Gasteiger partial charge in [0.1, 0.15) is 16.1 Å². The SMILES string of the molecule is Cc1c(C(=N)N)nn(CC2CC2)c1Br. The number of amidine groups is 1. The van der Waals surface area contributed by atoms with Crippen molar-refractivity contribution in [3.63, 3.8) is 0 Å². The lowest BCUT2D eigenvalue weighted by Gasteiger charge is -2.00. The summed E-state index contributed by atoms with van der Waals surface area (Å²) in [6.07, 6.45) is 2.58. The van der Waals surface area contributed by atoms with Crippen LogP contribution in [0, 0.1) is 18.3 Å². The van der Waals surface area contributed by atoms with E-state index in [0.717, 1.165) is 22.6 Å². The van der Waals surface area contributed by atoms with E-state index < -0.39 is 0 Å². The number of nitrogens with zero attached hydrogens (tertiary/aromatic N) is 2. The van der Waals surface area contributed by atoms with Gasteiger partial charge >= 0.3 is 0 Å². The molecule has 76 valence electrons. The van der Waals surface area contributed by atoms with Crippen LogP contribution in [-0.4, -0.2) is 15.6 Å². The molecule has 0 bridgehead atoms. The Morgan fingerprint density at radius 2 is 2.36 bits per heavy atom. The number of nitrogens with two attached hydrogens (primary N) is 1. The van der Waals surface area contributed by atoms with Crippen molar-refractivity contribution in [1.29, 1.82) is 5.41 Å². The first kappa shape index (κ1) is 9.71. The molecule has 1 heterocycles. The van der Waals surface area contributed by atoms with Crippen LogP contribution in [0.15, 0.2) is 4.60 Å². The van der Waals surface area contributed by atoms with Crippen molar-refractivity contribution in [2.75, 3.05) is 0 Å². The standard InChI is InChI=1S/C9H13BrN4/c1-5-7(9(11)12)13-14(8(5)10)4-6-2-3-6/h6H,2-4H2,1H3,(H3,11,12). The van der Waals surface area contributed by atoms with E-state index in [0.29, 0.717) is 5.69 Å². The molecule has 0 unspecified atom stereocenters. The fourth-order valence-corrected chi connectivity index (χ4v) is 1.86. The second-order valence-electron chi connectivity index (χ2n) is 3.80. The molecule has 1 saturated carbocycles. The smallest absolute Gasteiger partial charge is 0.144 e. The third-order valence-electron chi connectivity index (χ3n) is 2.50. The van der Waals surface area contributed by atoms with E-state index >= 15 is 0 Å². The highest BCUT2D eigenvalue weighted by atomic mass is 79.9. The van der Waals surface area contributed by atoms with Crippen molar-refractivity contribution in [2.45, 2.75) is 26.3 Å². The van der Waals surface area contributed by atoms with Crippen LogP contribution in [0.4, 0.5) is 0 Å². The highest BCUT2D eigenvalue weighted by Crippen LogP contribution is 2.32. The molecule has 1 aliphatic carbocycles.